The summed E-state index contributed by atoms with van der Waals surface area (Å²) >= 11 is 5.96. The van der Waals surface area contributed by atoms with Gasteiger partial charge in [0.15, 0.2) is 0 Å². The van der Waals surface area contributed by atoms with E-state index < -0.39 is 5.97 Å². The molecule has 0 aromatic heterocycles. The average molecular weight is 241 g/mol. The fourth-order valence-electron chi connectivity index (χ4n) is 1.30. The van der Waals surface area contributed by atoms with Gasteiger partial charge in [-0.05, 0) is 31.5 Å². The van der Waals surface area contributed by atoms with Crippen LogP contribution in [-0.4, -0.2) is 18.4 Å². The highest BCUT2D eigenvalue weighted by Gasteiger charge is 2.10. The van der Waals surface area contributed by atoms with Crippen LogP contribution in [0.1, 0.15) is 29.8 Å². The summed E-state index contributed by atoms with van der Waals surface area (Å²) in [6.07, 6.45) is 0.280. The van der Waals surface area contributed by atoms with Crippen molar-refractivity contribution in [2.45, 2.75) is 20.3 Å². The van der Waals surface area contributed by atoms with Crippen LogP contribution in [0, 0.1) is 0 Å². The molecule has 16 heavy (non-hydrogen) atoms. The fourth-order valence-corrected chi connectivity index (χ4v) is 1.55. The third kappa shape index (κ3) is 3.35. The maximum Gasteiger partial charge on any atom is 0.338 e. The van der Waals surface area contributed by atoms with Crippen molar-refractivity contribution in [3.8, 4) is 0 Å². The van der Waals surface area contributed by atoms with Crippen molar-refractivity contribution in [1.29, 1.82) is 0 Å². The Morgan fingerprint density at radius 3 is 2.56 bits per heavy atom. The van der Waals surface area contributed by atoms with E-state index in [2.05, 4.69) is 0 Å². The van der Waals surface area contributed by atoms with Crippen molar-refractivity contribution in [1.82, 2.24) is 0 Å². The smallest absolute Gasteiger partial charge is 0.338 e. The zero-order chi connectivity index (χ0) is 12.1. The third-order valence-electron chi connectivity index (χ3n) is 2.00. The highest BCUT2D eigenvalue weighted by Crippen LogP contribution is 2.19. The van der Waals surface area contributed by atoms with E-state index in [0.717, 1.165) is 5.56 Å². The summed E-state index contributed by atoms with van der Waals surface area (Å²) in [5.41, 5.74) is 1.13. The lowest BCUT2D eigenvalue weighted by Gasteiger charge is -2.05. The van der Waals surface area contributed by atoms with Gasteiger partial charge in [0.2, 0.25) is 0 Å². The molecule has 3 nitrogen and oxygen atoms in total. The standard InChI is InChI=1S/C12H13ClO3/c1-3-16-12(15)10-5-4-9(6-8(2)14)11(13)7-10/h4-5,7H,3,6H2,1-2H3. The molecule has 0 aliphatic rings. The number of benzene rings is 1. The molecule has 0 saturated carbocycles. The van der Waals surface area contributed by atoms with Gasteiger partial charge in [0.25, 0.3) is 0 Å². The number of rotatable bonds is 4. The number of ether oxygens (including phenoxy) is 1. The van der Waals surface area contributed by atoms with E-state index in [1.54, 1.807) is 19.1 Å². The molecule has 1 aromatic carbocycles. The van der Waals surface area contributed by atoms with Crippen LogP contribution < -0.4 is 0 Å². The van der Waals surface area contributed by atoms with Gasteiger partial charge in [0, 0.05) is 11.4 Å². The highest BCUT2D eigenvalue weighted by atomic mass is 35.5. The zero-order valence-electron chi connectivity index (χ0n) is 9.25. The molecule has 0 N–H and O–H groups in total. The summed E-state index contributed by atoms with van der Waals surface area (Å²) in [6, 6.07) is 4.82. The summed E-state index contributed by atoms with van der Waals surface area (Å²) in [5, 5.41) is 0.417. The van der Waals surface area contributed by atoms with Crippen LogP contribution in [0.3, 0.4) is 0 Å². The quantitative estimate of drug-likeness (QED) is 0.760. The Labute approximate surface area is 99.4 Å². The second-order valence-corrected chi connectivity index (χ2v) is 3.81. The predicted molar refractivity (Wildman–Crippen MR) is 61.8 cm³/mol. The Hall–Kier alpha value is -1.35. The molecule has 0 radical (unpaired) electrons. The van der Waals surface area contributed by atoms with Crippen molar-refractivity contribution in [3.05, 3.63) is 34.3 Å². The van der Waals surface area contributed by atoms with Crippen LogP contribution in [0.15, 0.2) is 18.2 Å². The summed E-state index contributed by atoms with van der Waals surface area (Å²) in [6.45, 7) is 3.56. The summed E-state index contributed by atoms with van der Waals surface area (Å²) < 4.78 is 4.84. The van der Waals surface area contributed by atoms with Crippen LogP contribution in [-0.2, 0) is 16.0 Å². The maximum atomic E-state index is 11.4. The zero-order valence-corrected chi connectivity index (χ0v) is 10.0. The first-order chi connectivity index (χ1) is 7.54. The van der Waals surface area contributed by atoms with Gasteiger partial charge in [0.1, 0.15) is 5.78 Å². The van der Waals surface area contributed by atoms with Crippen molar-refractivity contribution >= 4 is 23.4 Å². The normalized spacial score (nSPS) is 9.94. The van der Waals surface area contributed by atoms with Crippen LogP contribution >= 0.6 is 11.6 Å². The molecule has 0 heterocycles. The van der Waals surface area contributed by atoms with Gasteiger partial charge in [-0.25, -0.2) is 4.79 Å². The Bertz CT molecular complexity index is 413. The van der Waals surface area contributed by atoms with Crippen molar-refractivity contribution < 1.29 is 14.3 Å². The predicted octanol–water partition coefficient (Wildman–Crippen LogP) is 2.65. The Kier molecular flexibility index (Phi) is 4.50. The third-order valence-corrected chi connectivity index (χ3v) is 2.36. The molecular formula is C12H13ClO3. The molecule has 0 amide bonds. The van der Waals surface area contributed by atoms with Crippen LogP contribution in [0.2, 0.25) is 5.02 Å². The number of Topliss-reactive ketones (excluding diaryl/α,β-unsaturated/α-hetero) is 1. The first kappa shape index (κ1) is 12.7. The molecule has 0 aliphatic carbocycles. The van der Waals surface area contributed by atoms with Crippen molar-refractivity contribution in [3.63, 3.8) is 0 Å². The van der Waals surface area contributed by atoms with Crippen LogP contribution in [0.4, 0.5) is 0 Å². The van der Waals surface area contributed by atoms with Gasteiger partial charge >= 0.3 is 5.97 Å². The van der Waals surface area contributed by atoms with Crippen LogP contribution in [0.25, 0.3) is 0 Å². The SMILES string of the molecule is CCOC(=O)c1ccc(CC(C)=O)c(Cl)c1. The molecule has 1 rings (SSSR count). The van der Waals surface area contributed by atoms with Gasteiger partial charge in [-0.2, -0.15) is 0 Å². The van der Waals surface area contributed by atoms with E-state index in [0.29, 0.717) is 17.2 Å². The van der Waals surface area contributed by atoms with Gasteiger partial charge in [-0.3, -0.25) is 4.79 Å². The minimum atomic E-state index is -0.404. The Morgan fingerprint density at radius 2 is 2.06 bits per heavy atom. The molecule has 1 aromatic rings. The lowest BCUT2D eigenvalue weighted by molar-refractivity contribution is -0.116. The van der Waals surface area contributed by atoms with Gasteiger partial charge in [-0.15, -0.1) is 0 Å². The molecule has 0 spiro atoms. The number of hydrogen-bond acceptors (Lipinski definition) is 3. The first-order valence-electron chi connectivity index (χ1n) is 4.99. The van der Waals surface area contributed by atoms with Crippen molar-refractivity contribution in [2.75, 3.05) is 6.61 Å². The largest absolute Gasteiger partial charge is 0.462 e. The second-order valence-electron chi connectivity index (χ2n) is 3.41. The van der Waals surface area contributed by atoms with Crippen molar-refractivity contribution in [2.24, 2.45) is 0 Å². The van der Waals surface area contributed by atoms with Gasteiger partial charge in [0.05, 0.1) is 12.2 Å². The highest BCUT2D eigenvalue weighted by molar-refractivity contribution is 6.31. The van der Waals surface area contributed by atoms with Gasteiger partial charge < -0.3 is 4.74 Å². The average Bonchev–Trinajstić information content (AvgIpc) is 2.20. The van der Waals surface area contributed by atoms with E-state index in [1.807, 2.05) is 0 Å². The molecule has 0 aliphatic heterocycles. The molecule has 4 heteroatoms. The second kappa shape index (κ2) is 5.66. The molecule has 0 bridgehead atoms. The van der Waals surface area contributed by atoms with E-state index in [-0.39, 0.29) is 12.2 Å². The maximum absolute atomic E-state index is 11.4. The van der Waals surface area contributed by atoms with E-state index in [1.165, 1.54) is 13.0 Å². The first-order valence-corrected chi connectivity index (χ1v) is 5.37. The number of carbonyl (C=O) groups excluding carboxylic acids is 2. The molecule has 0 fully saturated rings. The molecule has 0 saturated heterocycles. The topological polar surface area (TPSA) is 43.4 Å². The number of halogens is 1. The van der Waals surface area contributed by atoms with Gasteiger partial charge in [-0.1, -0.05) is 17.7 Å². The van der Waals surface area contributed by atoms with E-state index >= 15 is 0 Å². The van der Waals surface area contributed by atoms with E-state index in [9.17, 15) is 9.59 Å². The minimum Gasteiger partial charge on any atom is -0.462 e. The lowest BCUT2D eigenvalue weighted by Crippen LogP contribution is -2.05. The van der Waals surface area contributed by atoms with E-state index in [4.69, 9.17) is 16.3 Å². The Morgan fingerprint density at radius 1 is 1.38 bits per heavy atom. The molecule has 0 unspecified atom stereocenters. The summed E-state index contributed by atoms with van der Waals surface area (Å²) in [5.74, 6) is -0.371. The molecule has 0 atom stereocenters. The number of carbonyl (C=O) groups is 2. The van der Waals surface area contributed by atoms with Crippen LogP contribution in [0.5, 0.6) is 0 Å². The fraction of sp³-hybridized carbons (Fsp3) is 0.333. The Balaban J connectivity index is 2.90. The number of ketones is 1. The molecule has 86 valence electrons. The minimum absolute atomic E-state index is 0.0331. The summed E-state index contributed by atoms with van der Waals surface area (Å²) in [4.78, 5) is 22.3. The number of hydrogen-bond donors (Lipinski definition) is 0. The lowest BCUT2D eigenvalue weighted by atomic mass is 10.1. The molecular weight excluding hydrogens is 228 g/mol. The number of esters is 1. The summed E-state index contributed by atoms with van der Waals surface area (Å²) in [7, 11) is 0. The monoisotopic (exact) mass is 240 g/mol.